The third-order valence-corrected chi connectivity index (χ3v) is 4.52. The summed E-state index contributed by atoms with van der Waals surface area (Å²) in [5.41, 5.74) is 2.89. The number of hydrogen-bond donors (Lipinski definition) is 0. The van der Waals surface area contributed by atoms with Crippen LogP contribution in [-0.4, -0.2) is 5.78 Å². The number of aryl methyl sites for hydroxylation is 1. The van der Waals surface area contributed by atoms with Gasteiger partial charge >= 0.3 is 0 Å². The molecule has 0 radical (unpaired) electrons. The summed E-state index contributed by atoms with van der Waals surface area (Å²) in [6, 6.07) is 7.99. The molecule has 0 spiro atoms. The molecule has 0 bridgehead atoms. The molecule has 0 aromatic heterocycles. The summed E-state index contributed by atoms with van der Waals surface area (Å²) in [6.07, 6.45) is 6.34. The van der Waals surface area contributed by atoms with Crippen LogP contribution in [0.2, 0.25) is 0 Å². The SMILES string of the molecule is C=C(C)C(=O)Cc1ccc(C)cc1.CCC1CCCC1C.[HH]. The van der Waals surface area contributed by atoms with Crippen molar-refractivity contribution in [3.8, 4) is 0 Å². The minimum Gasteiger partial charge on any atom is -0.294 e. The van der Waals surface area contributed by atoms with E-state index in [0.29, 0.717) is 12.0 Å². The van der Waals surface area contributed by atoms with Gasteiger partial charge in [0.2, 0.25) is 0 Å². The highest BCUT2D eigenvalue weighted by atomic mass is 16.1. The molecule has 2 rings (SSSR count). The zero-order valence-electron chi connectivity index (χ0n) is 14.1. The van der Waals surface area contributed by atoms with E-state index in [1.54, 1.807) is 6.92 Å². The first-order chi connectivity index (χ1) is 9.93. The van der Waals surface area contributed by atoms with Gasteiger partial charge in [0.15, 0.2) is 5.78 Å². The van der Waals surface area contributed by atoms with Crippen LogP contribution in [0, 0.1) is 18.8 Å². The molecule has 1 saturated carbocycles. The fourth-order valence-corrected chi connectivity index (χ4v) is 2.87. The molecule has 0 heterocycles. The maximum Gasteiger partial charge on any atom is 0.162 e. The van der Waals surface area contributed by atoms with Crippen molar-refractivity contribution in [1.82, 2.24) is 0 Å². The van der Waals surface area contributed by atoms with Gasteiger partial charge in [-0.2, -0.15) is 0 Å². The number of benzene rings is 1. The lowest BCUT2D eigenvalue weighted by Gasteiger charge is -2.10. The van der Waals surface area contributed by atoms with Gasteiger partial charge in [0.05, 0.1) is 0 Å². The van der Waals surface area contributed by atoms with E-state index in [4.69, 9.17) is 0 Å². The lowest BCUT2D eigenvalue weighted by molar-refractivity contribution is -0.114. The van der Waals surface area contributed by atoms with E-state index < -0.39 is 0 Å². The molecule has 21 heavy (non-hydrogen) atoms. The Morgan fingerprint density at radius 1 is 1.29 bits per heavy atom. The van der Waals surface area contributed by atoms with Crippen molar-refractivity contribution < 1.29 is 6.22 Å². The highest BCUT2D eigenvalue weighted by molar-refractivity contribution is 5.95. The molecule has 1 aromatic rings. The number of allylic oxidation sites excluding steroid dienone is 1. The van der Waals surface area contributed by atoms with Gasteiger partial charge < -0.3 is 0 Å². The van der Waals surface area contributed by atoms with E-state index in [2.05, 4.69) is 20.4 Å². The molecule has 2 atom stereocenters. The second-order valence-electron chi connectivity index (χ2n) is 6.44. The van der Waals surface area contributed by atoms with Crippen molar-refractivity contribution in [2.24, 2.45) is 11.8 Å². The van der Waals surface area contributed by atoms with Crippen molar-refractivity contribution in [3.05, 3.63) is 47.5 Å². The number of carbonyl (C=O) groups is 1. The molecule has 1 aromatic carbocycles. The van der Waals surface area contributed by atoms with Crippen molar-refractivity contribution in [2.75, 3.05) is 0 Å². The summed E-state index contributed by atoms with van der Waals surface area (Å²) in [7, 11) is 0. The van der Waals surface area contributed by atoms with Gasteiger partial charge in [-0.05, 0) is 36.8 Å². The second-order valence-corrected chi connectivity index (χ2v) is 6.44. The zero-order chi connectivity index (χ0) is 15.8. The fraction of sp³-hybridized carbons (Fsp3) is 0.550. The Bertz CT molecular complexity index is 461. The summed E-state index contributed by atoms with van der Waals surface area (Å²) in [4.78, 5) is 11.3. The van der Waals surface area contributed by atoms with Crippen molar-refractivity contribution in [3.63, 3.8) is 0 Å². The Morgan fingerprint density at radius 3 is 2.29 bits per heavy atom. The lowest BCUT2D eigenvalue weighted by Crippen LogP contribution is -2.02. The maximum absolute atomic E-state index is 11.3. The number of ketones is 1. The van der Waals surface area contributed by atoms with E-state index in [1.165, 1.54) is 31.2 Å². The Kier molecular flexibility index (Phi) is 7.42. The number of rotatable bonds is 4. The minimum absolute atomic E-state index is 0. The first kappa shape index (κ1) is 17.7. The molecule has 1 heteroatoms. The van der Waals surface area contributed by atoms with Gasteiger partial charge in [-0.1, -0.05) is 75.9 Å². The molecule has 0 amide bonds. The summed E-state index contributed by atoms with van der Waals surface area (Å²) in [6.45, 7) is 12.1. The molecular weight excluding hydrogens is 256 g/mol. The highest BCUT2D eigenvalue weighted by Gasteiger charge is 2.20. The first-order valence-electron chi connectivity index (χ1n) is 8.18. The van der Waals surface area contributed by atoms with E-state index in [9.17, 15) is 4.79 Å². The Hall–Kier alpha value is -1.37. The summed E-state index contributed by atoms with van der Waals surface area (Å²) >= 11 is 0. The fourth-order valence-electron chi connectivity index (χ4n) is 2.87. The average Bonchev–Trinajstić information content (AvgIpc) is 2.87. The minimum atomic E-state index is 0. The van der Waals surface area contributed by atoms with Crippen molar-refractivity contribution in [2.45, 2.75) is 59.8 Å². The Labute approximate surface area is 131 Å². The molecule has 0 N–H and O–H groups in total. The van der Waals surface area contributed by atoms with Crippen LogP contribution in [0.25, 0.3) is 0 Å². The van der Waals surface area contributed by atoms with E-state index >= 15 is 0 Å². The summed E-state index contributed by atoms with van der Waals surface area (Å²) in [5.74, 6) is 2.21. The van der Waals surface area contributed by atoms with Crippen molar-refractivity contribution in [1.29, 1.82) is 0 Å². The molecule has 1 nitrogen and oxygen atoms in total. The van der Waals surface area contributed by atoms with E-state index in [-0.39, 0.29) is 7.21 Å². The zero-order valence-corrected chi connectivity index (χ0v) is 14.1. The Balaban J connectivity index is 0.000000423. The highest BCUT2D eigenvalue weighted by Crippen LogP contribution is 2.32. The quantitative estimate of drug-likeness (QED) is 0.644. The number of hydrogen-bond acceptors (Lipinski definition) is 1. The van der Waals surface area contributed by atoms with Crippen LogP contribution in [0.1, 0.15) is 59.0 Å². The molecular formula is C20H32O. The van der Waals surface area contributed by atoms with Crippen LogP contribution in [0.5, 0.6) is 0 Å². The van der Waals surface area contributed by atoms with Gasteiger partial charge in [-0.15, -0.1) is 0 Å². The molecule has 2 unspecified atom stereocenters. The van der Waals surface area contributed by atoms with E-state index in [0.717, 1.165) is 17.4 Å². The maximum atomic E-state index is 11.3. The number of carbonyl (C=O) groups excluding carboxylic acids is 1. The standard InChI is InChI=1S/C12H14O.C8H16.H2/c1-9(2)12(13)8-11-6-4-10(3)5-7-11;1-3-8-6-4-5-7(8)2;/h4-7H,1,8H2,2-3H3;7-8H,3-6H2,1-2H3;1H. The molecule has 1 aliphatic rings. The van der Waals surface area contributed by atoms with Crippen LogP contribution in [0.15, 0.2) is 36.4 Å². The Morgan fingerprint density at radius 2 is 1.90 bits per heavy atom. The lowest BCUT2D eigenvalue weighted by atomic mass is 9.96. The summed E-state index contributed by atoms with van der Waals surface area (Å²) in [5, 5.41) is 0. The van der Waals surface area contributed by atoms with Gasteiger partial charge in [-0.3, -0.25) is 4.79 Å². The van der Waals surface area contributed by atoms with Crippen LogP contribution in [-0.2, 0) is 11.2 Å². The smallest absolute Gasteiger partial charge is 0.162 e. The van der Waals surface area contributed by atoms with Crippen LogP contribution >= 0.6 is 0 Å². The molecule has 1 fully saturated rings. The average molecular weight is 288 g/mol. The molecule has 0 saturated heterocycles. The van der Waals surface area contributed by atoms with Crippen LogP contribution < -0.4 is 0 Å². The normalized spacial score (nSPS) is 20.6. The van der Waals surface area contributed by atoms with Crippen LogP contribution in [0.3, 0.4) is 0 Å². The van der Waals surface area contributed by atoms with Gasteiger partial charge in [0.25, 0.3) is 0 Å². The van der Waals surface area contributed by atoms with Gasteiger partial charge in [-0.25, -0.2) is 0 Å². The van der Waals surface area contributed by atoms with E-state index in [1.807, 2.05) is 31.2 Å². The molecule has 0 aliphatic heterocycles. The monoisotopic (exact) mass is 288 g/mol. The van der Waals surface area contributed by atoms with Crippen LogP contribution in [0.4, 0.5) is 0 Å². The molecule has 118 valence electrons. The third kappa shape index (κ3) is 6.29. The summed E-state index contributed by atoms with van der Waals surface area (Å²) < 4.78 is 0. The predicted molar refractivity (Wildman–Crippen MR) is 93.6 cm³/mol. The topological polar surface area (TPSA) is 17.1 Å². The van der Waals surface area contributed by atoms with Gasteiger partial charge in [0, 0.05) is 7.85 Å². The largest absolute Gasteiger partial charge is 0.294 e. The second kappa shape index (κ2) is 8.81. The van der Waals surface area contributed by atoms with Crippen molar-refractivity contribution >= 4 is 5.78 Å². The number of Topliss-reactive ketones (excluding diaryl/α,β-unsaturated/α-hetero) is 1. The molecule has 1 aliphatic carbocycles. The third-order valence-electron chi connectivity index (χ3n) is 4.52. The first-order valence-corrected chi connectivity index (χ1v) is 8.18. The predicted octanol–water partition coefficient (Wildman–Crippen LogP) is 5.76. The van der Waals surface area contributed by atoms with Gasteiger partial charge in [0.1, 0.15) is 0 Å².